The maximum atomic E-state index is 10.2. The predicted molar refractivity (Wildman–Crippen MR) is 31.9 cm³/mol. The van der Waals surface area contributed by atoms with Crippen molar-refractivity contribution in [2.24, 2.45) is 0 Å². The van der Waals surface area contributed by atoms with Crippen molar-refractivity contribution < 1.29 is 9.90 Å². The van der Waals surface area contributed by atoms with Gasteiger partial charge < -0.3 is 5.11 Å². The Morgan fingerprint density at radius 1 is 1.88 bits per heavy atom. The van der Waals surface area contributed by atoms with Crippen LogP contribution in [0.5, 0.6) is 0 Å². The van der Waals surface area contributed by atoms with Gasteiger partial charge in [-0.25, -0.2) is 0 Å². The Hall–Kier alpha value is -0.500. The number of hydrogen-bond donors (Lipinski definition) is 1. The number of aliphatic hydroxyl groups is 1. The van der Waals surface area contributed by atoms with E-state index in [2.05, 4.69) is 0 Å². The molecule has 0 unspecified atom stereocenters. The van der Waals surface area contributed by atoms with Crippen LogP contribution in [0.25, 0.3) is 0 Å². The van der Waals surface area contributed by atoms with Gasteiger partial charge in [0.1, 0.15) is 11.5 Å². The van der Waals surface area contributed by atoms with Crippen LogP contribution in [-0.4, -0.2) is 10.9 Å². The maximum Gasteiger partial charge on any atom is 0.137 e. The standard InChI is InChI=1S/C5H7ClO2/c1-4(7)2-5(8)3-6/h3,8H,2H2,1H3. The number of halogens is 1. The van der Waals surface area contributed by atoms with Crippen molar-refractivity contribution in [2.75, 3.05) is 0 Å². The summed E-state index contributed by atoms with van der Waals surface area (Å²) < 4.78 is 0. The topological polar surface area (TPSA) is 37.3 Å². The van der Waals surface area contributed by atoms with Crippen molar-refractivity contribution in [3.8, 4) is 0 Å². The first kappa shape index (κ1) is 7.50. The molecular formula is C5H7ClO2. The molecule has 0 aromatic rings. The van der Waals surface area contributed by atoms with Crippen LogP contribution < -0.4 is 0 Å². The molecule has 0 aromatic heterocycles. The molecule has 0 aliphatic rings. The Kier molecular flexibility index (Phi) is 3.28. The van der Waals surface area contributed by atoms with Crippen LogP contribution in [0.1, 0.15) is 13.3 Å². The summed E-state index contributed by atoms with van der Waals surface area (Å²) in [6.07, 6.45) is 0.0312. The van der Waals surface area contributed by atoms with Gasteiger partial charge in [-0.05, 0) is 6.92 Å². The van der Waals surface area contributed by atoms with E-state index in [1.807, 2.05) is 0 Å². The lowest BCUT2D eigenvalue weighted by molar-refractivity contribution is -0.116. The van der Waals surface area contributed by atoms with E-state index in [0.29, 0.717) is 0 Å². The van der Waals surface area contributed by atoms with Crippen molar-refractivity contribution in [2.45, 2.75) is 13.3 Å². The van der Waals surface area contributed by atoms with Crippen LogP contribution in [0, 0.1) is 0 Å². The highest BCUT2D eigenvalue weighted by molar-refractivity contribution is 6.25. The molecule has 0 bridgehead atoms. The van der Waals surface area contributed by atoms with Crippen molar-refractivity contribution >= 4 is 17.4 Å². The molecule has 0 saturated heterocycles. The molecule has 0 saturated carbocycles. The Balaban J connectivity index is 3.56. The highest BCUT2D eigenvalue weighted by Gasteiger charge is 1.94. The second kappa shape index (κ2) is 3.50. The lowest BCUT2D eigenvalue weighted by atomic mass is 10.3. The van der Waals surface area contributed by atoms with Crippen LogP contribution in [0.2, 0.25) is 0 Å². The van der Waals surface area contributed by atoms with E-state index >= 15 is 0 Å². The highest BCUT2D eigenvalue weighted by atomic mass is 35.5. The summed E-state index contributed by atoms with van der Waals surface area (Å²) in [5.74, 6) is -0.182. The third-order valence-electron chi connectivity index (χ3n) is 0.556. The lowest BCUT2D eigenvalue weighted by Crippen LogP contribution is -1.90. The molecule has 1 N–H and O–H groups in total. The van der Waals surface area contributed by atoms with Crippen LogP contribution in [-0.2, 0) is 4.79 Å². The number of ketones is 1. The first-order valence-corrected chi connectivity index (χ1v) is 2.58. The van der Waals surface area contributed by atoms with E-state index in [1.165, 1.54) is 6.92 Å². The second-order valence-corrected chi connectivity index (χ2v) is 1.70. The van der Waals surface area contributed by atoms with Gasteiger partial charge in [0.05, 0.1) is 6.42 Å². The Bertz CT molecular complexity index is 118. The molecule has 0 atom stereocenters. The largest absolute Gasteiger partial charge is 0.511 e. The Morgan fingerprint density at radius 2 is 2.38 bits per heavy atom. The van der Waals surface area contributed by atoms with Crippen molar-refractivity contribution in [3.05, 3.63) is 11.3 Å². The quantitative estimate of drug-likeness (QED) is 0.583. The number of hydrogen-bond acceptors (Lipinski definition) is 2. The molecule has 0 aliphatic heterocycles. The third kappa shape index (κ3) is 3.68. The number of carbonyl (C=O) groups is 1. The van der Waals surface area contributed by atoms with Crippen molar-refractivity contribution in [1.82, 2.24) is 0 Å². The smallest absolute Gasteiger partial charge is 0.137 e. The monoisotopic (exact) mass is 134 g/mol. The summed E-state index contributed by atoms with van der Waals surface area (Å²) in [6.45, 7) is 1.39. The molecule has 3 heteroatoms. The predicted octanol–water partition coefficient (Wildman–Crippen LogP) is 1.60. The highest BCUT2D eigenvalue weighted by Crippen LogP contribution is 1.97. The summed E-state index contributed by atoms with van der Waals surface area (Å²) in [5.41, 5.74) is 0.988. The SMILES string of the molecule is CC(=O)CC(O)=CCl. The molecule has 0 rings (SSSR count). The normalized spacial score (nSPS) is 11.5. The Morgan fingerprint density at radius 3 is 2.50 bits per heavy atom. The minimum Gasteiger partial charge on any atom is -0.511 e. The zero-order valence-corrected chi connectivity index (χ0v) is 5.27. The lowest BCUT2D eigenvalue weighted by Gasteiger charge is -1.89. The fourth-order valence-electron chi connectivity index (χ4n) is 0.294. The minimum absolute atomic E-state index is 0.0312. The van der Waals surface area contributed by atoms with Gasteiger partial charge in [-0.1, -0.05) is 11.6 Å². The molecule has 0 amide bonds. The molecule has 46 valence electrons. The van der Waals surface area contributed by atoms with Crippen LogP contribution in [0.4, 0.5) is 0 Å². The minimum atomic E-state index is -0.0978. The molecule has 0 aromatic carbocycles. The fourth-order valence-corrected chi connectivity index (χ4v) is 0.371. The van der Waals surface area contributed by atoms with Gasteiger partial charge in [-0.2, -0.15) is 0 Å². The van der Waals surface area contributed by atoms with Gasteiger partial charge >= 0.3 is 0 Å². The molecular weight excluding hydrogens is 128 g/mol. The summed E-state index contributed by atoms with van der Waals surface area (Å²) in [6, 6.07) is 0. The summed E-state index contributed by atoms with van der Waals surface area (Å²) in [5, 5.41) is 8.54. The third-order valence-corrected chi connectivity index (χ3v) is 0.808. The Labute approximate surface area is 52.8 Å². The first-order chi connectivity index (χ1) is 3.66. The van der Waals surface area contributed by atoms with Gasteiger partial charge in [0, 0.05) is 5.54 Å². The molecule has 0 spiro atoms. The molecule has 0 heterocycles. The zero-order valence-electron chi connectivity index (χ0n) is 4.52. The number of carbonyl (C=O) groups excluding carboxylic acids is 1. The summed E-state index contributed by atoms with van der Waals surface area (Å²) in [7, 11) is 0. The average molecular weight is 135 g/mol. The van der Waals surface area contributed by atoms with Gasteiger partial charge in [0.25, 0.3) is 0 Å². The maximum absolute atomic E-state index is 10.2. The van der Waals surface area contributed by atoms with Gasteiger partial charge in [0.15, 0.2) is 0 Å². The number of Topliss-reactive ketones (excluding diaryl/α,β-unsaturated/α-hetero) is 1. The molecule has 0 aliphatic carbocycles. The van der Waals surface area contributed by atoms with Crippen molar-refractivity contribution in [3.63, 3.8) is 0 Å². The first-order valence-electron chi connectivity index (χ1n) is 2.14. The van der Waals surface area contributed by atoms with E-state index in [9.17, 15) is 4.79 Å². The van der Waals surface area contributed by atoms with Gasteiger partial charge in [-0.15, -0.1) is 0 Å². The summed E-state index contributed by atoms with van der Waals surface area (Å²) >= 11 is 5.03. The number of rotatable bonds is 2. The van der Waals surface area contributed by atoms with E-state index < -0.39 is 0 Å². The molecule has 0 radical (unpaired) electrons. The fraction of sp³-hybridized carbons (Fsp3) is 0.400. The van der Waals surface area contributed by atoms with Crippen LogP contribution in [0.3, 0.4) is 0 Å². The molecule has 2 nitrogen and oxygen atoms in total. The second-order valence-electron chi connectivity index (χ2n) is 1.48. The van der Waals surface area contributed by atoms with E-state index in [4.69, 9.17) is 16.7 Å². The van der Waals surface area contributed by atoms with Crippen LogP contribution in [0.15, 0.2) is 11.3 Å². The van der Waals surface area contributed by atoms with Crippen molar-refractivity contribution in [1.29, 1.82) is 0 Å². The average Bonchev–Trinajstić information content (AvgIpc) is 1.65. The number of aliphatic hydroxyl groups excluding tert-OH is 1. The summed E-state index contributed by atoms with van der Waals surface area (Å²) in [4.78, 5) is 10.2. The van der Waals surface area contributed by atoms with Crippen LogP contribution >= 0.6 is 11.6 Å². The number of allylic oxidation sites excluding steroid dienone is 1. The molecule has 8 heavy (non-hydrogen) atoms. The van der Waals surface area contributed by atoms with Gasteiger partial charge in [-0.3, -0.25) is 4.79 Å². The van der Waals surface area contributed by atoms with E-state index in [1.54, 1.807) is 0 Å². The van der Waals surface area contributed by atoms with Gasteiger partial charge in [0.2, 0.25) is 0 Å². The van der Waals surface area contributed by atoms with E-state index in [-0.39, 0.29) is 18.0 Å². The van der Waals surface area contributed by atoms with E-state index in [0.717, 1.165) is 5.54 Å². The zero-order chi connectivity index (χ0) is 6.57. The molecule has 0 fully saturated rings.